The molecule has 0 fully saturated rings. The Kier molecular flexibility index (Phi) is 7.05. The van der Waals surface area contributed by atoms with Crippen LogP contribution >= 0.6 is 0 Å². The van der Waals surface area contributed by atoms with E-state index in [4.69, 9.17) is 0 Å². The first-order valence-corrected chi connectivity index (χ1v) is 10.0. The molecule has 0 spiro atoms. The molecule has 4 rings (SSSR count). The van der Waals surface area contributed by atoms with Crippen LogP contribution in [0, 0.1) is 0 Å². The standard InChI is InChI=1S/C24H20B.C3H9O/c1-5-13-21(14-6-1)25(22-15-7-2-8-16-22,23-17-9-3-10-18-23)24-19-11-4-12-20-24;1-4(2)3/h1-20H;1-3H3/q-1;+1. The highest BCUT2D eigenvalue weighted by Crippen LogP contribution is 2.09. The van der Waals surface area contributed by atoms with E-state index < -0.39 is 6.15 Å². The van der Waals surface area contributed by atoms with Gasteiger partial charge in [0.1, 0.15) is 27.5 Å². The van der Waals surface area contributed by atoms with E-state index >= 15 is 0 Å². The molecule has 4 aromatic carbocycles. The van der Waals surface area contributed by atoms with Gasteiger partial charge in [0.2, 0.25) is 0 Å². The van der Waals surface area contributed by atoms with Crippen molar-refractivity contribution in [2.45, 2.75) is 0 Å². The first-order chi connectivity index (χ1) is 14.2. The zero-order valence-electron chi connectivity index (χ0n) is 17.5. The fourth-order valence-electron chi connectivity index (χ4n) is 4.12. The van der Waals surface area contributed by atoms with Crippen LogP contribution in [0.2, 0.25) is 0 Å². The Hall–Kier alpha value is -3.10. The second-order valence-electron chi connectivity index (χ2n) is 7.73. The number of hydrogen-bond acceptors (Lipinski definition) is 0. The van der Waals surface area contributed by atoms with E-state index in [1.54, 1.807) is 0 Å². The number of hydrogen-bond donors (Lipinski definition) is 0. The van der Waals surface area contributed by atoms with Crippen LogP contribution in [0.3, 0.4) is 0 Å². The Morgan fingerprint density at radius 2 is 0.552 bits per heavy atom. The maximum absolute atomic E-state index is 2.58. The Balaban J connectivity index is 0.000000552. The highest BCUT2D eigenvalue weighted by molar-refractivity contribution is 7.19. The number of benzene rings is 4. The summed E-state index contributed by atoms with van der Waals surface area (Å²) < 4.78 is 2.58. The van der Waals surface area contributed by atoms with Crippen LogP contribution in [0.25, 0.3) is 0 Å². The second kappa shape index (κ2) is 9.91. The summed E-state index contributed by atoms with van der Waals surface area (Å²) in [7, 11) is 5.75. The van der Waals surface area contributed by atoms with Crippen molar-refractivity contribution in [3.05, 3.63) is 121 Å². The molecule has 0 aliphatic rings. The van der Waals surface area contributed by atoms with Crippen molar-refractivity contribution in [2.24, 2.45) is 0 Å². The zero-order chi connectivity index (χ0) is 20.5. The average Bonchev–Trinajstić information content (AvgIpc) is 2.77. The van der Waals surface area contributed by atoms with Gasteiger partial charge in [0.05, 0.1) is 0 Å². The molecule has 2 heteroatoms. The highest BCUT2D eigenvalue weighted by Gasteiger charge is 2.30. The van der Waals surface area contributed by atoms with Gasteiger partial charge in [0, 0.05) is 0 Å². The summed E-state index contributed by atoms with van der Waals surface area (Å²) in [5.74, 6) is 0. The molecule has 0 radical (unpaired) electrons. The fraction of sp³-hybridized carbons (Fsp3) is 0.111. The van der Waals surface area contributed by atoms with E-state index in [0.717, 1.165) is 0 Å². The Morgan fingerprint density at radius 3 is 0.724 bits per heavy atom. The first kappa shape index (κ1) is 20.6. The lowest BCUT2D eigenvalue weighted by atomic mass is 9.13. The predicted octanol–water partition coefficient (Wildman–Crippen LogP) is 3.49. The Bertz CT molecular complexity index is 802. The lowest BCUT2D eigenvalue weighted by molar-refractivity contribution is -0.00282. The van der Waals surface area contributed by atoms with Gasteiger partial charge in [-0.1, -0.05) is 121 Å². The van der Waals surface area contributed by atoms with Crippen molar-refractivity contribution in [2.75, 3.05) is 21.3 Å². The van der Waals surface area contributed by atoms with Crippen LogP contribution in [0.1, 0.15) is 0 Å². The minimum absolute atomic E-state index is 1.22. The molecule has 0 saturated carbocycles. The molecule has 29 heavy (non-hydrogen) atoms. The molecule has 0 bridgehead atoms. The van der Waals surface area contributed by atoms with Gasteiger partial charge in [-0.2, -0.15) is 21.9 Å². The topological polar surface area (TPSA) is 2.70 Å². The van der Waals surface area contributed by atoms with E-state index in [2.05, 4.69) is 126 Å². The summed E-state index contributed by atoms with van der Waals surface area (Å²) in [4.78, 5) is 0. The molecule has 0 atom stereocenters. The zero-order valence-corrected chi connectivity index (χ0v) is 17.5. The monoisotopic (exact) mass is 380 g/mol. The molecule has 4 aromatic rings. The van der Waals surface area contributed by atoms with E-state index in [9.17, 15) is 0 Å². The normalized spacial score (nSPS) is 10.9. The van der Waals surface area contributed by atoms with Gasteiger partial charge in [-0.15, -0.1) is 0 Å². The van der Waals surface area contributed by atoms with Crippen molar-refractivity contribution in [1.29, 1.82) is 0 Å². The van der Waals surface area contributed by atoms with Crippen LogP contribution in [0.5, 0.6) is 0 Å². The van der Waals surface area contributed by atoms with E-state index in [1.807, 2.05) is 21.3 Å². The largest absolute Gasteiger partial charge is 0.429 e. The maximum atomic E-state index is 2.58. The summed E-state index contributed by atoms with van der Waals surface area (Å²) in [5.41, 5.74) is 5.36. The van der Waals surface area contributed by atoms with E-state index in [-0.39, 0.29) is 0 Å². The van der Waals surface area contributed by atoms with E-state index in [1.165, 1.54) is 21.9 Å². The van der Waals surface area contributed by atoms with Crippen LogP contribution < -0.4 is 21.9 Å². The third-order valence-electron chi connectivity index (χ3n) is 5.20. The highest BCUT2D eigenvalue weighted by atomic mass is 16.6. The summed E-state index contributed by atoms with van der Waals surface area (Å²) in [6.07, 6.45) is -1.22. The fourth-order valence-corrected chi connectivity index (χ4v) is 4.12. The molecule has 0 unspecified atom stereocenters. The third-order valence-corrected chi connectivity index (χ3v) is 5.20. The summed E-state index contributed by atoms with van der Waals surface area (Å²) in [5, 5.41) is 0. The first-order valence-electron chi connectivity index (χ1n) is 10.0. The maximum Gasteiger partial charge on any atom is 0.135 e. The SMILES string of the molecule is C[O+](C)C.c1ccc([B-](c2ccccc2)(c2ccccc2)c2ccccc2)cc1. The van der Waals surface area contributed by atoms with Crippen LogP contribution in [0.15, 0.2) is 121 Å². The van der Waals surface area contributed by atoms with Gasteiger partial charge < -0.3 is 4.37 Å². The molecule has 0 N–H and O–H groups in total. The van der Waals surface area contributed by atoms with Gasteiger partial charge in [-0.05, 0) is 0 Å². The smallest absolute Gasteiger partial charge is 0.135 e. The van der Waals surface area contributed by atoms with Gasteiger partial charge in [-0.25, -0.2) is 0 Å². The molecule has 0 heterocycles. The summed E-state index contributed by atoms with van der Waals surface area (Å²) in [6.45, 7) is 0. The lowest BCUT2D eigenvalue weighted by Crippen LogP contribution is -2.74. The molecule has 0 aliphatic carbocycles. The van der Waals surface area contributed by atoms with Gasteiger partial charge in [0.15, 0.2) is 0 Å². The molecule has 0 aliphatic heterocycles. The minimum Gasteiger partial charge on any atom is -0.429 e. The van der Waals surface area contributed by atoms with Gasteiger partial charge in [-0.3, -0.25) is 0 Å². The predicted molar refractivity (Wildman–Crippen MR) is 129 cm³/mol. The molecule has 1 nitrogen and oxygen atoms in total. The van der Waals surface area contributed by atoms with Crippen molar-refractivity contribution in [1.82, 2.24) is 0 Å². The van der Waals surface area contributed by atoms with Crippen molar-refractivity contribution >= 4 is 28.0 Å². The molecule has 0 saturated heterocycles. The van der Waals surface area contributed by atoms with Crippen LogP contribution in [-0.2, 0) is 4.37 Å². The second-order valence-corrected chi connectivity index (χ2v) is 7.73. The Labute approximate surface area is 175 Å². The third kappa shape index (κ3) is 4.67. The molecule has 0 amide bonds. The lowest BCUT2D eigenvalue weighted by Gasteiger charge is -2.44. The van der Waals surface area contributed by atoms with Crippen molar-refractivity contribution in [3.8, 4) is 0 Å². The average molecular weight is 380 g/mol. The quantitative estimate of drug-likeness (QED) is 0.377. The number of rotatable bonds is 4. The van der Waals surface area contributed by atoms with Crippen LogP contribution in [0.4, 0.5) is 0 Å². The van der Waals surface area contributed by atoms with Crippen molar-refractivity contribution < 1.29 is 4.37 Å². The van der Waals surface area contributed by atoms with Crippen molar-refractivity contribution in [3.63, 3.8) is 0 Å². The Morgan fingerprint density at radius 1 is 0.379 bits per heavy atom. The summed E-state index contributed by atoms with van der Waals surface area (Å²) >= 11 is 0. The molecular weight excluding hydrogens is 351 g/mol. The minimum atomic E-state index is -1.22. The molecule has 0 aromatic heterocycles. The van der Waals surface area contributed by atoms with E-state index in [0.29, 0.717) is 0 Å². The van der Waals surface area contributed by atoms with Crippen LogP contribution in [-0.4, -0.2) is 27.5 Å². The molecular formula is C27H29BO. The molecule has 146 valence electrons. The summed E-state index contributed by atoms with van der Waals surface area (Å²) in [6, 6.07) is 43.5. The van der Waals surface area contributed by atoms with Gasteiger partial charge in [0.25, 0.3) is 0 Å². The van der Waals surface area contributed by atoms with Gasteiger partial charge >= 0.3 is 0 Å².